The minimum absolute atomic E-state index is 0.840. The van der Waals surface area contributed by atoms with Gasteiger partial charge in [0.05, 0.1) is 7.11 Å². The van der Waals surface area contributed by atoms with Crippen molar-refractivity contribution in [2.75, 3.05) is 43.1 Å². The number of ether oxygens (including phenoxy) is 1. The first kappa shape index (κ1) is 14.6. The molecule has 116 valence electrons. The first-order chi connectivity index (χ1) is 10.7. The molecule has 0 spiro atoms. The summed E-state index contributed by atoms with van der Waals surface area (Å²) >= 11 is 0. The zero-order valence-electron chi connectivity index (χ0n) is 13.4. The fourth-order valence-corrected chi connectivity index (χ4v) is 2.85. The number of anilines is 2. The highest BCUT2D eigenvalue weighted by atomic mass is 16.5. The number of hydrogen-bond acceptors (Lipinski definition) is 5. The highest BCUT2D eigenvalue weighted by Gasteiger charge is 2.18. The Morgan fingerprint density at radius 3 is 2.14 bits per heavy atom. The summed E-state index contributed by atoms with van der Waals surface area (Å²) in [4.78, 5) is 13.6. The van der Waals surface area contributed by atoms with Gasteiger partial charge in [0.25, 0.3) is 0 Å². The van der Waals surface area contributed by atoms with Crippen molar-refractivity contribution in [3.63, 3.8) is 0 Å². The lowest BCUT2D eigenvalue weighted by molar-refractivity contribution is 0.415. The summed E-state index contributed by atoms with van der Waals surface area (Å²) < 4.78 is 5.21. The zero-order chi connectivity index (χ0) is 15.5. The summed E-state index contributed by atoms with van der Waals surface area (Å²) in [7, 11) is 1.69. The molecule has 3 rings (SSSR count). The zero-order valence-corrected chi connectivity index (χ0v) is 13.4. The van der Waals surface area contributed by atoms with Crippen LogP contribution in [0.1, 0.15) is 11.5 Å². The fraction of sp³-hybridized carbons (Fsp3) is 0.412. The summed E-state index contributed by atoms with van der Waals surface area (Å²) in [6.45, 7) is 7.91. The average Bonchev–Trinajstić information content (AvgIpc) is 2.54. The molecule has 0 saturated carbocycles. The van der Waals surface area contributed by atoms with Gasteiger partial charge in [0.2, 0.25) is 0 Å². The van der Waals surface area contributed by atoms with Gasteiger partial charge in [-0.05, 0) is 38.1 Å². The number of methoxy groups -OCH3 is 1. The number of nitrogens with zero attached hydrogens (tertiary/aromatic N) is 4. The van der Waals surface area contributed by atoms with Crippen LogP contribution < -0.4 is 14.5 Å². The van der Waals surface area contributed by atoms with Crippen LogP contribution in [0.25, 0.3) is 0 Å². The Kier molecular flexibility index (Phi) is 4.13. The van der Waals surface area contributed by atoms with E-state index in [4.69, 9.17) is 4.74 Å². The number of aromatic nitrogens is 2. The SMILES string of the molecule is COc1ccc(N2CCN(c3cc(C)nc(C)n3)CC2)cc1. The molecule has 2 aromatic rings. The van der Waals surface area contributed by atoms with E-state index in [1.54, 1.807) is 7.11 Å². The largest absolute Gasteiger partial charge is 0.497 e. The lowest BCUT2D eigenvalue weighted by Gasteiger charge is -2.36. The molecule has 0 aliphatic carbocycles. The molecule has 22 heavy (non-hydrogen) atoms. The Morgan fingerprint density at radius 2 is 1.55 bits per heavy atom. The van der Waals surface area contributed by atoms with Gasteiger partial charge in [0.15, 0.2) is 0 Å². The van der Waals surface area contributed by atoms with Crippen molar-refractivity contribution in [3.8, 4) is 5.75 Å². The third-order valence-corrected chi connectivity index (χ3v) is 3.99. The van der Waals surface area contributed by atoms with E-state index in [-0.39, 0.29) is 0 Å². The Hall–Kier alpha value is -2.30. The Balaban J connectivity index is 1.66. The third-order valence-electron chi connectivity index (χ3n) is 3.99. The van der Waals surface area contributed by atoms with E-state index in [1.807, 2.05) is 26.0 Å². The van der Waals surface area contributed by atoms with Gasteiger partial charge in [0.1, 0.15) is 17.4 Å². The van der Waals surface area contributed by atoms with Gasteiger partial charge in [-0.1, -0.05) is 0 Å². The summed E-state index contributed by atoms with van der Waals surface area (Å²) in [5.74, 6) is 2.78. The highest BCUT2D eigenvalue weighted by molar-refractivity contribution is 5.51. The van der Waals surface area contributed by atoms with Gasteiger partial charge < -0.3 is 14.5 Å². The summed E-state index contributed by atoms with van der Waals surface area (Å²) in [5.41, 5.74) is 2.27. The van der Waals surface area contributed by atoms with Gasteiger partial charge >= 0.3 is 0 Å². The first-order valence-corrected chi connectivity index (χ1v) is 7.62. The Morgan fingerprint density at radius 1 is 0.909 bits per heavy atom. The molecule has 0 bridgehead atoms. The van der Waals surface area contributed by atoms with Crippen molar-refractivity contribution in [2.45, 2.75) is 13.8 Å². The van der Waals surface area contributed by atoms with Crippen molar-refractivity contribution in [2.24, 2.45) is 0 Å². The van der Waals surface area contributed by atoms with Gasteiger partial charge in [-0.15, -0.1) is 0 Å². The molecule has 1 saturated heterocycles. The van der Waals surface area contributed by atoms with Crippen LogP contribution in [0.3, 0.4) is 0 Å². The minimum atomic E-state index is 0.840. The predicted octanol–water partition coefficient (Wildman–Crippen LogP) is 2.43. The van der Waals surface area contributed by atoms with Crippen LogP contribution >= 0.6 is 0 Å². The van der Waals surface area contributed by atoms with Crippen molar-refractivity contribution in [1.82, 2.24) is 9.97 Å². The van der Waals surface area contributed by atoms with Crippen molar-refractivity contribution < 1.29 is 4.74 Å². The quantitative estimate of drug-likeness (QED) is 0.870. The van der Waals surface area contributed by atoms with E-state index < -0.39 is 0 Å². The lowest BCUT2D eigenvalue weighted by Crippen LogP contribution is -2.46. The van der Waals surface area contributed by atoms with Crippen molar-refractivity contribution in [1.29, 1.82) is 0 Å². The molecule has 5 heteroatoms. The Bertz CT molecular complexity index is 613. The van der Waals surface area contributed by atoms with Gasteiger partial charge in [0, 0.05) is 43.6 Å². The molecule has 0 atom stereocenters. The molecule has 1 aliphatic rings. The molecule has 0 unspecified atom stereocenters. The molecule has 0 amide bonds. The molecule has 2 heterocycles. The second-order valence-electron chi connectivity index (χ2n) is 5.59. The summed E-state index contributed by atoms with van der Waals surface area (Å²) in [6.07, 6.45) is 0. The van der Waals surface area contributed by atoms with E-state index >= 15 is 0 Å². The first-order valence-electron chi connectivity index (χ1n) is 7.62. The molecule has 1 aromatic heterocycles. The molecular formula is C17H22N4O. The molecule has 0 radical (unpaired) electrons. The highest BCUT2D eigenvalue weighted by Crippen LogP contribution is 2.22. The van der Waals surface area contributed by atoms with Gasteiger partial charge in [-0.25, -0.2) is 9.97 Å². The molecule has 1 fully saturated rings. The Labute approximate surface area is 131 Å². The molecule has 1 aliphatic heterocycles. The van der Waals surface area contributed by atoms with Crippen LogP contribution in [0, 0.1) is 13.8 Å². The fourth-order valence-electron chi connectivity index (χ4n) is 2.85. The second kappa shape index (κ2) is 6.22. The van der Waals surface area contributed by atoms with Crippen LogP contribution in [0.15, 0.2) is 30.3 Å². The minimum Gasteiger partial charge on any atom is -0.497 e. The van der Waals surface area contributed by atoms with E-state index in [9.17, 15) is 0 Å². The maximum atomic E-state index is 5.21. The van der Waals surface area contributed by atoms with E-state index in [0.717, 1.165) is 49.3 Å². The molecule has 5 nitrogen and oxygen atoms in total. The molecular weight excluding hydrogens is 276 g/mol. The van der Waals surface area contributed by atoms with Crippen LogP contribution in [0.5, 0.6) is 5.75 Å². The predicted molar refractivity (Wildman–Crippen MR) is 88.9 cm³/mol. The smallest absolute Gasteiger partial charge is 0.132 e. The number of aryl methyl sites for hydroxylation is 2. The van der Waals surface area contributed by atoms with Crippen molar-refractivity contribution in [3.05, 3.63) is 41.9 Å². The van der Waals surface area contributed by atoms with Crippen molar-refractivity contribution >= 4 is 11.5 Å². The van der Waals surface area contributed by atoms with E-state index in [1.165, 1.54) is 5.69 Å². The third kappa shape index (κ3) is 3.13. The topological polar surface area (TPSA) is 41.5 Å². The van der Waals surface area contributed by atoms with Crippen LogP contribution in [0.4, 0.5) is 11.5 Å². The standard InChI is InChI=1S/C17H22N4O/c1-13-12-17(19-14(2)18-13)21-10-8-20(9-11-21)15-4-6-16(22-3)7-5-15/h4-7,12H,8-11H2,1-3H3. The van der Waals surface area contributed by atoms with Gasteiger partial charge in [-0.3, -0.25) is 0 Å². The summed E-state index contributed by atoms with van der Waals surface area (Å²) in [5, 5.41) is 0. The molecule has 1 aromatic carbocycles. The van der Waals surface area contributed by atoms with E-state index in [2.05, 4.69) is 38.0 Å². The second-order valence-corrected chi connectivity index (χ2v) is 5.59. The number of benzene rings is 1. The van der Waals surface area contributed by atoms with Crippen LogP contribution in [-0.2, 0) is 0 Å². The van der Waals surface area contributed by atoms with Crippen LogP contribution in [-0.4, -0.2) is 43.3 Å². The monoisotopic (exact) mass is 298 g/mol. The number of rotatable bonds is 3. The van der Waals surface area contributed by atoms with Crippen LogP contribution in [0.2, 0.25) is 0 Å². The van der Waals surface area contributed by atoms with E-state index in [0.29, 0.717) is 0 Å². The number of piperazine rings is 1. The average molecular weight is 298 g/mol. The maximum absolute atomic E-state index is 5.21. The molecule has 0 N–H and O–H groups in total. The summed E-state index contributed by atoms with van der Waals surface area (Å²) in [6, 6.07) is 10.3. The van der Waals surface area contributed by atoms with Gasteiger partial charge in [-0.2, -0.15) is 0 Å². The normalized spacial score (nSPS) is 15.0. The lowest BCUT2D eigenvalue weighted by atomic mass is 10.2. The number of hydrogen-bond donors (Lipinski definition) is 0. The maximum Gasteiger partial charge on any atom is 0.132 e.